The number of methoxy groups -OCH3 is 1. The summed E-state index contributed by atoms with van der Waals surface area (Å²) in [6, 6.07) is 0. The van der Waals surface area contributed by atoms with E-state index in [0.717, 1.165) is 6.42 Å². The topological polar surface area (TPSA) is 65.0 Å². The Kier molecular flexibility index (Phi) is 4.74. The van der Waals surface area contributed by atoms with E-state index in [0.29, 0.717) is 19.1 Å². The molecule has 90 valence electrons. The van der Waals surface area contributed by atoms with Crippen LogP contribution in [0.5, 0.6) is 0 Å². The normalized spacial score (nSPS) is 36.1. The predicted octanol–water partition coefficient (Wildman–Crippen LogP) is 1.26. The average Bonchev–Trinajstić information content (AvgIpc) is 2.07. The SMILES string of the molecule is COCC1OCC(C)CC1OP(C)(=O)O. The molecule has 15 heavy (non-hydrogen) atoms. The fourth-order valence-corrected chi connectivity index (χ4v) is 2.42. The molecule has 1 aliphatic heterocycles. The standard InChI is InChI=1S/C9H19O5P/c1-7-4-8(14-15(3,10)11)9(6-12-2)13-5-7/h7-9H,4-6H2,1-3H3,(H,10,11). The molecule has 1 N–H and O–H groups in total. The van der Waals surface area contributed by atoms with Gasteiger partial charge in [0.25, 0.3) is 0 Å². The molecule has 1 saturated heterocycles. The van der Waals surface area contributed by atoms with Crippen molar-refractivity contribution in [3.8, 4) is 0 Å². The largest absolute Gasteiger partial charge is 0.382 e. The second kappa shape index (κ2) is 5.41. The lowest BCUT2D eigenvalue weighted by Gasteiger charge is -2.34. The van der Waals surface area contributed by atoms with Crippen molar-refractivity contribution in [2.75, 3.05) is 27.0 Å². The van der Waals surface area contributed by atoms with Crippen LogP contribution < -0.4 is 0 Å². The average molecular weight is 238 g/mol. The fourth-order valence-electron chi connectivity index (χ4n) is 1.69. The van der Waals surface area contributed by atoms with E-state index in [-0.39, 0.29) is 12.2 Å². The minimum atomic E-state index is -3.46. The molecule has 6 heteroatoms. The number of rotatable bonds is 4. The summed E-state index contributed by atoms with van der Waals surface area (Å²) in [5, 5.41) is 0. The molecular formula is C9H19O5P. The van der Waals surface area contributed by atoms with E-state index in [1.165, 1.54) is 6.66 Å². The van der Waals surface area contributed by atoms with Crippen LogP contribution >= 0.6 is 7.60 Å². The molecule has 1 fully saturated rings. The molecule has 0 aromatic rings. The van der Waals surface area contributed by atoms with Crippen molar-refractivity contribution in [3.05, 3.63) is 0 Å². The zero-order chi connectivity index (χ0) is 11.5. The van der Waals surface area contributed by atoms with E-state index in [4.69, 9.17) is 14.0 Å². The van der Waals surface area contributed by atoms with Crippen molar-refractivity contribution in [2.45, 2.75) is 25.6 Å². The van der Waals surface area contributed by atoms with Gasteiger partial charge in [-0.05, 0) is 12.3 Å². The first-order valence-electron chi connectivity index (χ1n) is 5.01. The van der Waals surface area contributed by atoms with Crippen LogP contribution in [0.15, 0.2) is 0 Å². The van der Waals surface area contributed by atoms with Gasteiger partial charge in [-0.15, -0.1) is 0 Å². The van der Waals surface area contributed by atoms with Gasteiger partial charge in [-0.3, -0.25) is 4.57 Å². The van der Waals surface area contributed by atoms with Crippen LogP contribution in [-0.4, -0.2) is 44.1 Å². The Hall–Kier alpha value is 0.0700. The van der Waals surface area contributed by atoms with E-state index in [9.17, 15) is 9.46 Å². The molecule has 4 atom stereocenters. The molecule has 0 radical (unpaired) electrons. The van der Waals surface area contributed by atoms with Gasteiger partial charge in [0.1, 0.15) is 6.10 Å². The first-order valence-corrected chi connectivity index (χ1v) is 7.04. The number of ether oxygens (including phenoxy) is 2. The molecule has 0 amide bonds. The van der Waals surface area contributed by atoms with E-state index in [1.54, 1.807) is 7.11 Å². The Bertz CT molecular complexity index is 239. The minimum absolute atomic E-state index is 0.244. The van der Waals surface area contributed by atoms with Crippen molar-refractivity contribution in [1.29, 1.82) is 0 Å². The quantitative estimate of drug-likeness (QED) is 0.747. The summed E-state index contributed by atoms with van der Waals surface area (Å²) < 4.78 is 26.8. The van der Waals surface area contributed by atoms with Crippen LogP contribution in [0.1, 0.15) is 13.3 Å². The van der Waals surface area contributed by atoms with E-state index in [1.807, 2.05) is 6.92 Å². The molecule has 0 bridgehead atoms. The van der Waals surface area contributed by atoms with Crippen LogP contribution in [-0.2, 0) is 18.6 Å². The minimum Gasteiger partial charge on any atom is -0.382 e. The van der Waals surface area contributed by atoms with Gasteiger partial charge in [0.2, 0.25) is 0 Å². The lowest BCUT2D eigenvalue weighted by Crippen LogP contribution is -2.41. The smallest absolute Gasteiger partial charge is 0.325 e. The van der Waals surface area contributed by atoms with Crippen molar-refractivity contribution in [1.82, 2.24) is 0 Å². The molecule has 5 nitrogen and oxygen atoms in total. The molecule has 0 spiro atoms. The summed E-state index contributed by atoms with van der Waals surface area (Å²) in [6.07, 6.45) is 0.132. The van der Waals surface area contributed by atoms with Crippen molar-refractivity contribution < 1.29 is 23.5 Å². The molecule has 4 unspecified atom stereocenters. The maximum Gasteiger partial charge on any atom is 0.325 e. The Balaban J connectivity index is 2.57. The van der Waals surface area contributed by atoms with Crippen LogP contribution in [0, 0.1) is 5.92 Å². The highest BCUT2D eigenvalue weighted by molar-refractivity contribution is 7.51. The summed E-state index contributed by atoms with van der Waals surface area (Å²) in [6.45, 7) is 4.25. The van der Waals surface area contributed by atoms with E-state index >= 15 is 0 Å². The van der Waals surface area contributed by atoms with Gasteiger partial charge in [-0.2, -0.15) is 0 Å². The van der Waals surface area contributed by atoms with Gasteiger partial charge in [-0.1, -0.05) is 6.92 Å². The molecule has 1 aliphatic rings. The van der Waals surface area contributed by atoms with Crippen LogP contribution in [0.3, 0.4) is 0 Å². The number of hydrogen-bond donors (Lipinski definition) is 1. The third-order valence-electron chi connectivity index (χ3n) is 2.31. The zero-order valence-electron chi connectivity index (χ0n) is 9.38. The highest BCUT2D eigenvalue weighted by atomic mass is 31.2. The molecule has 0 aromatic heterocycles. The second-order valence-corrected chi connectivity index (χ2v) is 5.93. The third-order valence-corrected chi connectivity index (χ3v) is 2.97. The third kappa shape index (κ3) is 4.62. The van der Waals surface area contributed by atoms with E-state index < -0.39 is 7.60 Å². The summed E-state index contributed by atoms with van der Waals surface area (Å²) in [5.41, 5.74) is 0. The molecule has 0 aromatic carbocycles. The van der Waals surface area contributed by atoms with Crippen LogP contribution in [0.2, 0.25) is 0 Å². The van der Waals surface area contributed by atoms with Gasteiger partial charge < -0.3 is 18.9 Å². The monoisotopic (exact) mass is 238 g/mol. The summed E-state index contributed by atoms with van der Waals surface area (Å²) in [4.78, 5) is 9.18. The Labute approximate surface area is 90.3 Å². The molecule has 0 saturated carbocycles. The fraction of sp³-hybridized carbons (Fsp3) is 1.00. The molecule has 1 heterocycles. The Morgan fingerprint density at radius 2 is 2.27 bits per heavy atom. The van der Waals surface area contributed by atoms with Gasteiger partial charge >= 0.3 is 7.60 Å². The van der Waals surface area contributed by atoms with Crippen LogP contribution in [0.4, 0.5) is 0 Å². The highest BCUT2D eigenvalue weighted by Gasteiger charge is 2.33. The molecule has 1 rings (SSSR count). The lowest BCUT2D eigenvalue weighted by molar-refractivity contribution is -0.111. The maximum absolute atomic E-state index is 11.2. The molecular weight excluding hydrogens is 219 g/mol. The summed E-state index contributed by atoms with van der Waals surface area (Å²) >= 11 is 0. The zero-order valence-corrected chi connectivity index (χ0v) is 10.3. The van der Waals surface area contributed by atoms with Crippen molar-refractivity contribution >= 4 is 7.60 Å². The van der Waals surface area contributed by atoms with Gasteiger partial charge in [0, 0.05) is 20.4 Å². The van der Waals surface area contributed by atoms with Crippen molar-refractivity contribution in [2.24, 2.45) is 5.92 Å². The highest BCUT2D eigenvalue weighted by Crippen LogP contribution is 2.41. The second-order valence-electron chi connectivity index (χ2n) is 4.11. The molecule has 0 aliphatic carbocycles. The Morgan fingerprint density at radius 3 is 2.80 bits per heavy atom. The summed E-state index contributed by atoms with van der Waals surface area (Å²) in [7, 11) is -1.88. The Morgan fingerprint density at radius 1 is 1.60 bits per heavy atom. The van der Waals surface area contributed by atoms with Gasteiger partial charge in [0.15, 0.2) is 0 Å². The van der Waals surface area contributed by atoms with Crippen LogP contribution in [0.25, 0.3) is 0 Å². The van der Waals surface area contributed by atoms with Crippen molar-refractivity contribution in [3.63, 3.8) is 0 Å². The lowest BCUT2D eigenvalue weighted by atomic mass is 9.98. The predicted molar refractivity (Wildman–Crippen MR) is 56.0 cm³/mol. The van der Waals surface area contributed by atoms with Gasteiger partial charge in [0.05, 0.1) is 12.7 Å². The first-order chi connectivity index (χ1) is 6.92. The van der Waals surface area contributed by atoms with E-state index in [2.05, 4.69) is 0 Å². The van der Waals surface area contributed by atoms with Gasteiger partial charge in [-0.25, -0.2) is 0 Å². The maximum atomic E-state index is 11.2. The number of hydrogen-bond acceptors (Lipinski definition) is 4. The first kappa shape index (κ1) is 13.1. The summed E-state index contributed by atoms with van der Waals surface area (Å²) in [5.74, 6) is 0.342.